The summed E-state index contributed by atoms with van der Waals surface area (Å²) in [7, 11) is 1.60. The molecule has 0 aliphatic heterocycles. The van der Waals surface area contributed by atoms with E-state index in [1.807, 2.05) is 54.6 Å². The van der Waals surface area contributed by atoms with Crippen LogP contribution in [0.15, 0.2) is 115 Å². The maximum absolute atomic E-state index is 13.4. The Morgan fingerprint density at radius 1 is 0.629 bits per heavy atom. The van der Waals surface area contributed by atoms with Gasteiger partial charge in [0.1, 0.15) is 5.75 Å². The van der Waals surface area contributed by atoms with Gasteiger partial charge >= 0.3 is 0 Å². The van der Waals surface area contributed by atoms with Gasteiger partial charge in [0.05, 0.1) is 7.11 Å². The number of benzene rings is 4. The number of hydrogen-bond donors (Lipinski definition) is 0. The summed E-state index contributed by atoms with van der Waals surface area (Å²) < 4.78 is 5.21. The molecule has 4 aromatic rings. The molecule has 0 saturated heterocycles. The average Bonchev–Trinajstić information content (AvgIpc) is 2.92. The lowest BCUT2D eigenvalue weighted by molar-refractivity contribution is -0.111. The molecule has 4 rings (SSSR count). The Hall–Kier alpha value is -3.68. The van der Waals surface area contributed by atoms with Gasteiger partial charge in [-0.15, -0.1) is 0 Å². The van der Waals surface area contributed by atoms with Crippen molar-refractivity contribution >= 4 is 39.7 Å². The second-order valence-electron chi connectivity index (χ2n) is 8.33. The van der Waals surface area contributed by atoms with Crippen LogP contribution in [0, 0.1) is 0 Å². The number of hydrogen-bond acceptors (Lipinski definition) is 3. The fourth-order valence-electron chi connectivity index (χ4n) is 4.60. The molecule has 0 aliphatic carbocycles. The zero-order chi connectivity index (χ0) is 24.7. The fourth-order valence-corrected chi connectivity index (χ4v) is 9.21. The highest BCUT2D eigenvalue weighted by atomic mass is 31.2. The highest BCUT2D eigenvalue weighted by Crippen LogP contribution is 2.47. The van der Waals surface area contributed by atoms with Gasteiger partial charge in [-0.25, -0.2) is 0 Å². The molecule has 0 heterocycles. The maximum Gasteiger partial charge on any atom is 0.163 e. The predicted molar refractivity (Wildman–Crippen MR) is 147 cm³/mol. The monoisotopic (exact) mass is 480 g/mol. The Morgan fingerprint density at radius 3 is 1.43 bits per heavy atom. The number of rotatable bonds is 9. The van der Waals surface area contributed by atoms with Crippen molar-refractivity contribution in [2.75, 3.05) is 7.11 Å². The molecule has 0 fully saturated rings. The zero-order valence-corrected chi connectivity index (χ0v) is 21.0. The summed E-state index contributed by atoms with van der Waals surface area (Å²) >= 11 is 0. The number of carbonyl (C=O) groups is 2. The van der Waals surface area contributed by atoms with Crippen molar-refractivity contribution in [3.8, 4) is 5.75 Å². The molecule has 0 atom stereocenters. The first-order chi connectivity index (χ1) is 17.1. The second kappa shape index (κ2) is 11.2. The zero-order valence-electron chi connectivity index (χ0n) is 20.1. The van der Waals surface area contributed by atoms with Crippen molar-refractivity contribution in [3.05, 3.63) is 121 Å². The molecule has 0 spiro atoms. The lowest BCUT2D eigenvalue weighted by Gasteiger charge is -2.32. The van der Waals surface area contributed by atoms with Crippen molar-refractivity contribution in [3.63, 3.8) is 0 Å². The second-order valence-corrected chi connectivity index (χ2v) is 11.8. The first-order valence-corrected chi connectivity index (χ1v) is 13.5. The third-order valence-electron chi connectivity index (χ3n) is 6.24. The quantitative estimate of drug-likeness (QED) is 0.238. The summed E-state index contributed by atoms with van der Waals surface area (Å²) in [6.07, 6.45) is 0.655. The minimum Gasteiger partial charge on any atom is -0.497 e. The summed E-state index contributed by atoms with van der Waals surface area (Å²) in [6, 6.07) is 37.9. The van der Waals surface area contributed by atoms with Gasteiger partial charge in [0.2, 0.25) is 0 Å². The number of carbonyl (C=O) groups excluding carboxylic acids is 2. The Labute approximate surface area is 207 Å². The Kier molecular flexibility index (Phi) is 7.80. The molecule has 0 saturated carbocycles. The predicted octanol–water partition coefficient (Wildman–Crippen LogP) is 5.41. The van der Waals surface area contributed by atoms with Crippen LogP contribution in [0.1, 0.15) is 30.1 Å². The SMILES string of the molecule is COc1ccc(C(=O)CCC(C(C)=O)=P(c2ccccc2)(c2ccccc2)c2ccccc2)cc1. The molecule has 0 amide bonds. The fraction of sp³-hybridized carbons (Fsp3) is 0.129. The van der Waals surface area contributed by atoms with Gasteiger partial charge in [0.25, 0.3) is 0 Å². The van der Waals surface area contributed by atoms with Crippen LogP contribution in [0.5, 0.6) is 5.75 Å². The standard InChI is InChI=1S/C31H29O3P/c1-24(32)31(23-22-30(33)25-18-20-26(34-2)21-19-25)35(27-12-6-3-7-13-27,28-14-8-4-9-15-28)29-16-10-5-11-17-29/h3-21H,22-23H2,1-2H3. The number of ketones is 2. The molecule has 3 nitrogen and oxygen atoms in total. The van der Waals surface area contributed by atoms with Gasteiger partial charge < -0.3 is 4.74 Å². The van der Waals surface area contributed by atoms with Gasteiger partial charge in [-0.1, -0.05) is 91.0 Å². The van der Waals surface area contributed by atoms with Crippen LogP contribution in [0.3, 0.4) is 0 Å². The Balaban J connectivity index is 1.93. The van der Waals surface area contributed by atoms with Gasteiger partial charge in [-0.2, -0.15) is 0 Å². The lowest BCUT2D eigenvalue weighted by atomic mass is 10.0. The van der Waals surface area contributed by atoms with E-state index in [0.717, 1.165) is 21.2 Å². The van der Waals surface area contributed by atoms with Crippen LogP contribution in [-0.4, -0.2) is 24.0 Å². The molecule has 0 N–H and O–H groups in total. The van der Waals surface area contributed by atoms with E-state index in [4.69, 9.17) is 4.74 Å². The minimum absolute atomic E-state index is 0.0127. The summed E-state index contributed by atoms with van der Waals surface area (Å²) in [5.74, 6) is 0.746. The van der Waals surface area contributed by atoms with Crippen molar-refractivity contribution in [1.82, 2.24) is 0 Å². The average molecular weight is 481 g/mol. The molecule has 4 heteroatoms. The molecule has 4 aromatic carbocycles. The number of ether oxygens (including phenoxy) is 1. The summed E-state index contributed by atoms with van der Waals surface area (Å²) in [5.41, 5.74) is 0.622. The first-order valence-electron chi connectivity index (χ1n) is 11.7. The Bertz CT molecular complexity index is 1240. The third-order valence-corrected chi connectivity index (χ3v) is 10.8. The van der Waals surface area contributed by atoms with E-state index in [1.165, 1.54) is 0 Å². The molecule has 0 radical (unpaired) electrons. The highest BCUT2D eigenvalue weighted by molar-refractivity contribution is 7.96. The number of methoxy groups -OCH3 is 1. The van der Waals surface area contributed by atoms with Gasteiger partial charge in [-0.3, -0.25) is 9.59 Å². The number of Topliss-reactive ketones (excluding diaryl/α,β-unsaturated/α-hetero) is 2. The van der Waals surface area contributed by atoms with Crippen molar-refractivity contribution in [2.45, 2.75) is 19.8 Å². The van der Waals surface area contributed by atoms with Crippen LogP contribution in [0.25, 0.3) is 0 Å². The molecule has 0 aliphatic rings. The van der Waals surface area contributed by atoms with E-state index >= 15 is 0 Å². The minimum atomic E-state index is -2.49. The van der Waals surface area contributed by atoms with Crippen LogP contribution in [-0.2, 0) is 4.79 Å². The van der Waals surface area contributed by atoms with E-state index in [0.29, 0.717) is 17.7 Å². The molecule has 35 heavy (non-hydrogen) atoms. The van der Waals surface area contributed by atoms with E-state index < -0.39 is 6.89 Å². The van der Waals surface area contributed by atoms with Gasteiger partial charge in [0.15, 0.2) is 11.6 Å². The van der Waals surface area contributed by atoms with Crippen LogP contribution in [0.2, 0.25) is 0 Å². The van der Waals surface area contributed by atoms with Crippen molar-refractivity contribution < 1.29 is 14.3 Å². The van der Waals surface area contributed by atoms with Crippen molar-refractivity contribution in [1.29, 1.82) is 0 Å². The molecule has 0 bridgehead atoms. The smallest absolute Gasteiger partial charge is 0.163 e. The molecule has 0 unspecified atom stereocenters. The maximum atomic E-state index is 13.4. The van der Waals surface area contributed by atoms with Gasteiger partial charge in [0, 0.05) is 17.3 Å². The third kappa shape index (κ3) is 5.06. The van der Waals surface area contributed by atoms with E-state index in [2.05, 4.69) is 36.4 Å². The molecular weight excluding hydrogens is 451 g/mol. The van der Waals surface area contributed by atoms with Crippen LogP contribution >= 0.6 is 6.89 Å². The molecular formula is C31H29O3P. The van der Waals surface area contributed by atoms with Crippen molar-refractivity contribution in [2.24, 2.45) is 0 Å². The molecule has 0 aromatic heterocycles. The van der Waals surface area contributed by atoms with Crippen LogP contribution < -0.4 is 20.7 Å². The van der Waals surface area contributed by atoms with Gasteiger partial charge in [-0.05, 0) is 60.4 Å². The van der Waals surface area contributed by atoms with E-state index in [1.54, 1.807) is 38.3 Å². The summed E-state index contributed by atoms with van der Waals surface area (Å²) in [6.45, 7) is -0.849. The van der Waals surface area contributed by atoms with E-state index in [-0.39, 0.29) is 18.0 Å². The normalized spacial score (nSPS) is 11.0. The Morgan fingerprint density at radius 2 is 1.06 bits per heavy atom. The van der Waals surface area contributed by atoms with E-state index in [9.17, 15) is 9.59 Å². The molecule has 176 valence electrons. The largest absolute Gasteiger partial charge is 0.497 e. The highest BCUT2D eigenvalue weighted by Gasteiger charge is 2.31. The van der Waals surface area contributed by atoms with Crippen LogP contribution in [0.4, 0.5) is 0 Å². The first kappa shape index (κ1) is 24.4. The lowest BCUT2D eigenvalue weighted by Crippen LogP contribution is -2.33. The summed E-state index contributed by atoms with van der Waals surface area (Å²) in [5, 5.41) is 4.14. The topological polar surface area (TPSA) is 43.4 Å². The summed E-state index contributed by atoms with van der Waals surface area (Å²) in [4.78, 5) is 26.6.